The smallest absolute Gasteiger partial charge is 0.411 e. The summed E-state index contributed by atoms with van der Waals surface area (Å²) < 4.78 is 31.7. The Morgan fingerprint density at radius 3 is 2.71 bits per heavy atom. The standard InChI is InChI=1S/C36H45FN4O8/c1-22-9-12-27(13-10-22)39-36(46)48-20-25(4)33-24(3)11-14-31(43)38-15-5-7-23(2)17-28(42)18-26(37)19-32-40-29(21-47-32)34(44)41-16-6-8-30(41)35(45)49-33/h5,7,9-14,17,21,24-26,28,30,33,42H,6,8,15-16,18-20H2,1-4H3,(H,38,43)(H,39,46)/b7-5+,14-11+,23-17+/t24-,25-,26-,28-,30-,33+/m1/s1. The molecule has 2 aliphatic rings. The number of ether oxygens (including phenoxy) is 2. The van der Waals surface area contributed by atoms with E-state index in [9.17, 15) is 28.7 Å². The Bertz CT molecular complexity index is 1550. The SMILES string of the molecule is CC1=C\[C@@H](O)C[C@@H](F)Cc2nc(co2)C(=O)N2CCC[C@@H]2C(=O)O[C@H]([C@H](C)COC(=O)Nc2ccc(C)cc2)[C@H](C)/C=C/C(=O)NC\C=C\1. The first-order chi connectivity index (χ1) is 23.4. The highest BCUT2D eigenvalue weighted by Gasteiger charge is 2.39. The summed E-state index contributed by atoms with van der Waals surface area (Å²) in [4.78, 5) is 57.8. The van der Waals surface area contributed by atoms with Crippen LogP contribution in [0.1, 0.15) is 62.0 Å². The molecule has 12 nitrogen and oxygen atoms in total. The van der Waals surface area contributed by atoms with Gasteiger partial charge in [0.25, 0.3) is 5.91 Å². The Balaban J connectivity index is 1.53. The second kappa shape index (κ2) is 17.6. The average Bonchev–Trinajstić information content (AvgIpc) is 3.74. The number of fused-ring (bicyclic) bond motifs is 3. The molecule has 264 valence electrons. The molecule has 1 fully saturated rings. The van der Waals surface area contributed by atoms with Gasteiger partial charge >= 0.3 is 12.1 Å². The number of cyclic esters (lactones) is 1. The third kappa shape index (κ3) is 11.1. The largest absolute Gasteiger partial charge is 0.460 e. The number of carbonyl (C=O) groups is 4. The highest BCUT2D eigenvalue weighted by atomic mass is 19.1. The average molecular weight is 681 g/mol. The first-order valence-corrected chi connectivity index (χ1v) is 16.5. The van der Waals surface area contributed by atoms with Gasteiger partial charge in [0.05, 0.1) is 19.1 Å². The van der Waals surface area contributed by atoms with E-state index >= 15 is 0 Å². The molecular weight excluding hydrogens is 635 g/mol. The quantitative estimate of drug-likeness (QED) is 0.384. The Labute approximate surface area is 285 Å². The first-order valence-electron chi connectivity index (χ1n) is 16.5. The molecule has 2 aromatic rings. The second-order valence-electron chi connectivity index (χ2n) is 12.6. The monoisotopic (exact) mass is 680 g/mol. The van der Waals surface area contributed by atoms with E-state index in [1.54, 1.807) is 51.1 Å². The topological polar surface area (TPSA) is 160 Å². The Morgan fingerprint density at radius 1 is 1.20 bits per heavy atom. The van der Waals surface area contributed by atoms with Gasteiger partial charge in [0, 0.05) is 37.0 Å². The van der Waals surface area contributed by atoms with E-state index in [1.807, 2.05) is 19.1 Å². The van der Waals surface area contributed by atoms with Gasteiger partial charge in [-0.05, 0) is 44.9 Å². The van der Waals surface area contributed by atoms with Crippen molar-refractivity contribution in [1.82, 2.24) is 15.2 Å². The van der Waals surface area contributed by atoms with Gasteiger partial charge in [-0.1, -0.05) is 61.4 Å². The fourth-order valence-corrected chi connectivity index (χ4v) is 5.73. The zero-order valence-corrected chi connectivity index (χ0v) is 28.3. The number of aliphatic hydroxyl groups excluding tert-OH is 1. The maximum Gasteiger partial charge on any atom is 0.411 e. The molecule has 4 rings (SSSR count). The van der Waals surface area contributed by atoms with Crippen LogP contribution in [-0.4, -0.2) is 83.0 Å². The number of nitrogens with zero attached hydrogens (tertiary/aromatic N) is 2. The van der Waals surface area contributed by atoms with Crippen molar-refractivity contribution in [3.05, 3.63) is 83.6 Å². The summed E-state index contributed by atoms with van der Waals surface area (Å²) in [5.74, 6) is -2.59. The number of esters is 1. The molecule has 0 radical (unpaired) electrons. The zero-order valence-electron chi connectivity index (χ0n) is 28.3. The van der Waals surface area contributed by atoms with Crippen LogP contribution in [0.4, 0.5) is 14.9 Å². The number of oxazole rings is 1. The van der Waals surface area contributed by atoms with Gasteiger partial charge in [-0.25, -0.2) is 19.0 Å². The third-order valence-electron chi connectivity index (χ3n) is 8.34. The number of amides is 3. The molecule has 0 unspecified atom stereocenters. The van der Waals surface area contributed by atoms with Gasteiger partial charge in [-0.15, -0.1) is 0 Å². The van der Waals surface area contributed by atoms with Crippen LogP contribution in [0.25, 0.3) is 0 Å². The van der Waals surface area contributed by atoms with E-state index in [4.69, 9.17) is 13.9 Å². The lowest BCUT2D eigenvalue weighted by atomic mass is 9.93. The molecule has 0 spiro atoms. The highest BCUT2D eigenvalue weighted by Crippen LogP contribution is 2.26. The van der Waals surface area contributed by atoms with E-state index in [0.717, 1.165) is 11.8 Å². The lowest BCUT2D eigenvalue weighted by Crippen LogP contribution is -2.44. The number of aliphatic hydroxyl groups is 1. The van der Waals surface area contributed by atoms with Crippen LogP contribution in [0, 0.1) is 18.8 Å². The van der Waals surface area contributed by atoms with Crippen LogP contribution in [0.3, 0.4) is 0 Å². The number of alkyl halides is 1. The lowest BCUT2D eigenvalue weighted by Gasteiger charge is -2.30. The molecule has 3 heterocycles. The molecule has 1 saturated heterocycles. The fraction of sp³-hybridized carbons (Fsp3) is 0.472. The number of nitrogens with one attached hydrogen (secondary N) is 2. The van der Waals surface area contributed by atoms with E-state index in [2.05, 4.69) is 15.6 Å². The van der Waals surface area contributed by atoms with Crippen molar-refractivity contribution in [3.8, 4) is 0 Å². The Hall–Kier alpha value is -4.78. The maximum absolute atomic E-state index is 14.8. The summed E-state index contributed by atoms with van der Waals surface area (Å²) in [5.41, 5.74) is 2.21. The van der Waals surface area contributed by atoms with Crippen molar-refractivity contribution in [2.45, 2.75) is 77.8 Å². The lowest BCUT2D eigenvalue weighted by molar-refractivity contribution is -0.159. The number of rotatable bonds is 4. The molecule has 0 saturated carbocycles. The Morgan fingerprint density at radius 2 is 1.96 bits per heavy atom. The fourth-order valence-electron chi connectivity index (χ4n) is 5.73. The molecule has 2 bridgehead atoms. The number of allylic oxidation sites excluding steroid dienone is 2. The minimum atomic E-state index is -1.49. The van der Waals surface area contributed by atoms with Crippen molar-refractivity contribution in [2.75, 3.05) is 25.0 Å². The third-order valence-corrected chi connectivity index (χ3v) is 8.34. The number of hydrogen-bond donors (Lipinski definition) is 3. The van der Waals surface area contributed by atoms with Crippen molar-refractivity contribution < 1.29 is 42.6 Å². The Kier molecular flexibility index (Phi) is 13.3. The van der Waals surface area contributed by atoms with Crippen molar-refractivity contribution >= 4 is 29.6 Å². The molecular formula is C36H45FN4O8. The summed E-state index contributed by atoms with van der Waals surface area (Å²) in [6, 6.07) is 6.30. The predicted octanol–water partition coefficient (Wildman–Crippen LogP) is 4.84. The predicted molar refractivity (Wildman–Crippen MR) is 179 cm³/mol. The number of benzene rings is 1. The zero-order chi connectivity index (χ0) is 35.5. The van der Waals surface area contributed by atoms with Crippen molar-refractivity contribution in [1.29, 1.82) is 0 Å². The van der Waals surface area contributed by atoms with Gasteiger partial charge in [0.2, 0.25) is 5.91 Å². The molecule has 3 amide bonds. The number of hydrogen-bond acceptors (Lipinski definition) is 9. The minimum absolute atomic E-state index is 0.00276. The van der Waals surface area contributed by atoms with Crippen LogP contribution in [0.2, 0.25) is 0 Å². The molecule has 2 aliphatic heterocycles. The second-order valence-corrected chi connectivity index (χ2v) is 12.6. The normalized spacial score (nSPS) is 27.5. The first kappa shape index (κ1) is 37.0. The number of halogens is 1. The van der Waals surface area contributed by atoms with Gasteiger partial charge in [0.1, 0.15) is 24.6 Å². The summed E-state index contributed by atoms with van der Waals surface area (Å²) in [6.07, 6.45) is 5.34. The van der Waals surface area contributed by atoms with E-state index < -0.39 is 54.2 Å². The molecule has 1 aromatic carbocycles. The van der Waals surface area contributed by atoms with Gasteiger partial charge < -0.3 is 29.2 Å². The van der Waals surface area contributed by atoms with Crippen LogP contribution in [-0.2, 0) is 25.5 Å². The van der Waals surface area contributed by atoms with Crippen LogP contribution >= 0.6 is 0 Å². The van der Waals surface area contributed by atoms with E-state index in [1.165, 1.54) is 17.1 Å². The molecule has 3 N–H and O–H groups in total. The number of anilines is 1. The van der Waals surface area contributed by atoms with Crippen molar-refractivity contribution in [3.63, 3.8) is 0 Å². The molecule has 6 atom stereocenters. The molecule has 49 heavy (non-hydrogen) atoms. The summed E-state index contributed by atoms with van der Waals surface area (Å²) in [5, 5.41) is 15.7. The highest BCUT2D eigenvalue weighted by molar-refractivity contribution is 5.95. The maximum atomic E-state index is 14.8. The van der Waals surface area contributed by atoms with Crippen LogP contribution in [0.15, 0.2) is 70.9 Å². The van der Waals surface area contributed by atoms with Crippen LogP contribution < -0.4 is 10.6 Å². The van der Waals surface area contributed by atoms with Crippen LogP contribution in [0.5, 0.6) is 0 Å². The van der Waals surface area contributed by atoms with Gasteiger partial charge in [-0.2, -0.15) is 0 Å². The van der Waals surface area contributed by atoms with Gasteiger partial charge in [-0.3, -0.25) is 14.9 Å². The number of carbonyl (C=O) groups excluding carboxylic acids is 4. The number of aromatic nitrogens is 1. The molecule has 0 aliphatic carbocycles. The summed E-state index contributed by atoms with van der Waals surface area (Å²) >= 11 is 0. The van der Waals surface area contributed by atoms with E-state index in [0.29, 0.717) is 24.1 Å². The summed E-state index contributed by atoms with van der Waals surface area (Å²) in [6.45, 7) is 7.59. The van der Waals surface area contributed by atoms with E-state index in [-0.39, 0.29) is 50.0 Å². The molecule has 1 aromatic heterocycles. The molecule has 13 heteroatoms. The summed E-state index contributed by atoms with van der Waals surface area (Å²) in [7, 11) is 0. The van der Waals surface area contributed by atoms with Gasteiger partial charge in [0.15, 0.2) is 11.6 Å². The van der Waals surface area contributed by atoms with Crippen molar-refractivity contribution in [2.24, 2.45) is 11.8 Å². The number of aryl methyl sites for hydroxylation is 1. The minimum Gasteiger partial charge on any atom is -0.460 e.